The predicted molar refractivity (Wildman–Crippen MR) is 50.9 cm³/mol. The number of fused-ring (bicyclic) bond motifs is 1. The third-order valence-electron chi connectivity index (χ3n) is 4.10. The second-order valence-electron chi connectivity index (χ2n) is 4.45. The molecule has 2 fully saturated rings. The molecular formula is C10H18N2. The smallest absolute Gasteiger partial charge is 0.0570 e. The fraction of sp³-hybridized carbons (Fsp3) is 0.800. The Morgan fingerprint density at radius 2 is 2.25 bits per heavy atom. The highest BCUT2D eigenvalue weighted by Gasteiger charge is 2.62. The number of nitrogens with two attached hydrogens (primary N) is 1. The highest BCUT2D eigenvalue weighted by Crippen LogP contribution is 2.53. The van der Waals surface area contributed by atoms with E-state index in [0.717, 1.165) is 12.8 Å². The maximum absolute atomic E-state index is 6.32. The Kier molecular flexibility index (Phi) is 1.46. The lowest BCUT2D eigenvalue weighted by Gasteiger charge is -2.54. The van der Waals surface area contributed by atoms with E-state index < -0.39 is 0 Å². The molecule has 0 unspecified atom stereocenters. The fourth-order valence-corrected chi connectivity index (χ4v) is 3.02. The number of hydrogen-bond donors (Lipinski definition) is 1. The molecular weight excluding hydrogens is 148 g/mol. The van der Waals surface area contributed by atoms with E-state index in [1.807, 2.05) is 0 Å². The first-order valence-corrected chi connectivity index (χ1v) is 4.71. The van der Waals surface area contributed by atoms with Gasteiger partial charge in [0.25, 0.3) is 0 Å². The van der Waals surface area contributed by atoms with Crippen molar-refractivity contribution in [2.24, 2.45) is 5.73 Å². The first-order valence-electron chi connectivity index (χ1n) is 4.71. The molecule has 3 atom stereocenters. The van der Waals surface area contributed by atoms with E-state index in [4.69, 9.17) is 5.73 Å². The predicted octanol–water partition coefficient (Wildman–Crippen LogP) is 1.13. The van der Waals surface area contributed by atoms with E-state index in [-0.39, 0.29) is 11.1 Å². The summed E-state index contributed by atoms with van der Waals surface area (Å²) >= 11 is 0. The van der Waals surface area contributed by atoms with Crippen molar-refractivity contribution in [3.8, 4) is 0 Å². The molecule has 2 nitrogen and oxygen atoms in total. The minimum Gasteiger partial charge on any atom is -0.323 e. The topological polar surface area (TPSA) is 29.3 Å². The van der Waals surface area contributed by atoms with Crippen molar-refractivity contribution in [2.45, 2.75) is 43.3 Å². The summed E-state index contributed by atoms with van der Waals surface area (Å²) in [5.74, 6) is 0. The second kappa shape index (κ2) is 2.12. The molecule has 2 aliphatic rings. The normalized spacial score (nSPS) is 53.1. The summed E-state index contributed by atoms with van der Waals surface area (Å²) in [5, 5.41) is 0. The SMILES string of the molecule is C=C[C@@]12CC[C@]1(N)C[C@@H](C)N2C. The third-order valence-corrected chi connectivity index (χ3v) is 4.10. The van der Waals surface area contributed by atoms with Gasteiger partial charge in [-0.2, -0.15) is 0 Å². The van der Waals surface area contributed by atoms with Crippen LogP contribution in [0.5, 0.6) is 0 Å². The van der Waals surface area contributed by atoms with Crippen LogP contribution in [0.25, 0.3) is 0 Å². The summed E-state index contributed by atoms with van der Waals surface area (Å²) in [7, 11) is 2.17. The average molecular weight is 166 g/mol. The van der Waals surface area contributed by atoms with Crippen molar-refractivity contribution >= 4 is 0 Å². The van der Waals surface area contributed by atoms with Crippen molar-refractivity contribution in [2.75, 3.05) is 7.05 Å². The molecule has 68 valence electrons. The Morgan fingerprint density at radius 1 is 1.58 bits per heavy atom. The number of nitrogens with zero attached hydrogens (tertiary/aromatic N) is 1. The lowest BCUT2D eigenvalue weighted by Crippen LogP contribution is -2.68. The molecule has 0 radical (unpaired) electrons. The highest BCUT2D eigenvalue weighted by atomic mass is 15.3. The van der Waals surface area contributed by atoms with Crippen molar-refractivity contribution in [1.29, 1.82) is 0 Å². The van der Waals surface area contributed by atoms with Gasteiger partial charge in [0.2, 0.25) is 0 Å². The summed E-state index contributed by atoms with van der Waals surface area (Å²) in [6, 6.07) is 0.607. The first kappa shape index (κ1) is 8.27. The van der Waals surface area contributed by atoms with Crippen LogP contribution in [0.4, 0.5) is 0 Å². The van der Waals surface area contributed by atoms with Crippen molar-refractivity contribution in [3.63, 3.8) is 0 Å². The molecule has 1 aliphatic heterocycles. The van der Waals surface area contributed by atoms with Crippen LogP contribution in [0.15, 0.2) is 12.7 Å². The van der Waals surface area contributed by atoms with Crippen LogP contribution in [0.1, 0.15) is 26.2 Å². The van der Waals surface area contributed by atoms with Gasteiger partial charge in [-0.15, -0.1) is 6.58 Å². The van der Waals surface area contributed by atoms with Crippen LogP contribution < -0.4 is 5.73 Å². The quantitative estimate of drug-likeness (QED) is 0.592. The van der Waals surface area contributed by atoms with E-state index >= 15 is 0 Å². The van der Waals surface area contributed by atoms with Gasteiger partial charge in [0.1, 0.15) is 0 Å². The summed E-state index contributed by atoms with van der Waals surface area (Å²) in [5.41, 5.74) is 6.47. The maximum atomic E-state index is 6.32. The van der Waals surface area contributed by atoms with Crippen molar-refractivity contribution in [1.82, 2.24) is 4.90 Å². The Balaban J connectivity index is 2.37. The van der Waals surface area contributed by atoms with Crippen molar-refractivity contribution < 1.29 is 0 Å². The number of likely N-dealkylation sites (N-methyl/N-ethyl adjacent to an activating group) is 1. The minimum atomic E-state index is 0.0307. The molecule has 2 N–H and O–H groups in total. The average Bonchev–Trinajstić information content (AvgIpc) is 2.13. The molecule has 2 heteroatoms. The zero-order chi connectivity index (χ0) is 8.98. The molecule has 0 spiro atoms. The van der Waals surface area contributed by atoms with Gasteiger partial charge < -0.3 is 5.73 Å². The molecule has 0 bridgehead atoms. The zero-order valence-electron chi connectivity index (χ0n) is 8.01. The summed E-state index contributed by atoms with van der Waals surface area (Å²) in [6.45, 7) is 6.17. The molecule has 0 aromatic carbocycles. The Bertz CT molecular complexity index is 226. The summed E-state index contributed by atoms with van der Waals surface area (Å²) in [4.78, 5) is 2.39. The fourth-order valence-electron chi connectivity index (χ4n) is 3.02. The van der Waals surface area contributed by atoms with E-state index in [1.165, 1.54) is 6.42 Å². The van der Waals surface area contributed by atoms with E-state index in [2.05, 4.69) is 31.5 Å². The van der Waals surface area contributed by atoms with Crippen LogP contribution in [0, 0.1) is 0 Å². The van der Waals surface area contributed by atoms with Gasteiger partial charge in [-0.3, -0.25) is 4.90 Å². The number of rotatable bonds is 1. The molecule has 1 saturated heterocycles. The van der Waals surface area contributed by atoms with Gasteiger partial charge in [-0.05, 0) is 33.2 Å². The van der Waals surface area contributed by atoms with Gasteiger partial charge in [-0.1, -0.05) is 6.08 Å². The van der Waals surface area contributed by atoms with Crippen LogP contribution in [-0.2, 0) is 0 Å². The number of likely N-dealkylation sites (tertiary alicyclic amines) is 1. The molecule has 1 aliphatic carbocycles. The first-order chi connectivity index (χ1) is 5.56. The maximum Gasteiger partial charge on any atom is 0.0570 e. The standard InChI is InChI=1S/C10H18N2/c1-4-10-6-5-9(10,11)7-8(2)12(10)3/h4,8H,1,5-7,11H2,2-3H3/t8-,9+,10-/m1/s1. The van der Waals surface area contributed by atoms with Crippen LogP contribution in [0.2, 0.25) is 0 Å². The highest BCUT2D eigenvalue weighted by molar-refractivity contribution is 5.30. The van der Waals surface area contributed by atoms with Gasteiger partial charge >= 0.3 is 0 Å². The van der Waals surface area contributed by atoms with Gasteiger partial charge in [-0.25, -0.2) is 0 Å². The van der Waals surface area contributed by atoms with Crippen LogP contribution in [-0.4, -0.2) is 29.1 Å². The Labute approximate surface area is 74.4 Å². The van der Waals surface area contributed by atoms with Crippen LogP contribution >= 0.6 is 0 Å². The molecule has 1 saturated carbocycles. The summed E-state index contributed by atoms with van der Waals surface area (Å²) < 4.78 is 0. The Morgan fingerprint density at radius 3 is 2.50 bits per heavy atom. The molecule has 12 heavy (non-hydrogen) atoms. The zero-order valence-corrected chi connectivity index (χ0v) is 8.01. The largest absolute Gasteiger partial charge is 0.323 e. The number of hydrogen-bond acceptors (Lipinski definition) is 2. The molecule has 2 rings (SSSR count). The van der Waals surface area contributed by atoms with Gasteiger partial charge in [0.05, 0.1) is 5.54 Å². The second-order valence-corrected chi connectivity index (χ2v) is 4.45. The van der Waals surface area contributed by atoms with Crippen LogP contribution in [0.3, 0.4) is 0 Å². The van der Waals surface area contributed by atoms with Gasteiger partial charge in [0.15, 0.2) is 0 Å². The van der Waals surface area contributed by atoms with E-state index in [0.29, 0.717) is 6.04 Å². The lowest BCUT2D eigenvalue weighted by molar-refractivity contribution is 0.0505. The molecule has 0 amide bonds. The molecule has 1 heterocycles. The molecule has 0 aromatic rings. The lowest BCUT2D eigenvalue weighted by atomic mass is 9.61. The monoisotopic (exact) mass is 166 g/mol. The van der Waals surface area contributed by atoms with Crippen molar-refractivity contribution in [3.05, 3.63) is 12.7 Å². The Hall–Kier alpha value is -0.340. The van der Waals surface area contributed by atoms with E-state index in [1.54, 1.807) is 0 Å². The minimum absolute atomic E-state index is 0.0307. The third kappa shape index (κ3) is 0.639. The van der Waals surface area contributed by atoms with E-state index in [9.17, 15) is 0 Å². The van der Waals surface area contributed by atoms with Gasteiger partial charge in [0, 0.05) is 11.6 Å². The molecule has 0 aromatic heterocycles. The summed E-state index contributed by atoms with van der Waals surface area (Å²) in [6.07, 6.45) is 5.52.